The molecule has 0 saturated heterocycles. The first-order chi connectivity index (χ1) is 9.69. The SMILES string of the molecule is CC(C)C(C)(C)CNS(=O)(=O)c1cncc(C#CCO)c1. The summed E-state index contributed by atoms with van der Waals surface area (Å²) in [6.07, 6.45) is 2.74. The predicted molar refractivity (Wildman–Crippen MR) is 82.0 cm³/mol. The molecule has 116 valence electrons. The van der Waals surface area contributed by atoms with Gasteiger partial charge in [-0.2, -0.15) is 0 Å². The van der Waals surface area contributed by atoms with Gasteiger partial charge in [0.25, 0.3) is 0 Å². The van der Waals surface area contributed by atoms with Gasteiger partial charge in [0.05, 0.1) is 0 Å². The van der Waals surface area contributed by atoms with E-state index < -0.39 is 10.0 Å². The Kier molecular flexibility index (Phi) is 5.90. The second-order valence-corrected chi connectivity index (χ2v) is 7.60. The molecule has 1 rings (SSSR count). The van der Waals surface area contributed by atoms with Crippen molar-refractivity contribution in [2.45, 2.75) is 32.6 Å². The van der Waals surface area contributed by atoms with Gasteiger partial charge in [-0.1, -0.05) is 39.5 Å². The summed E-state index contributed by atoms with van der Waals surface area (Å²) in [6.45, 7) is 8.21. The second kappa shape index (κ2) is 7.03. The van der Waals surface area contributed by atoms with E-state index >= 15 is 0 Å². The monoisotopic (exact) mass is 310 g/mol. The highest BCUT2D eigenvalue weighted by Crippen LogP contribution is 2.25. The van der Waals surface area contributed by atoms with Crippen LogP contribution in [0.5, 0.6) is 0 Å². The average Bonchev–Trinajstić information content (AvgIpc) is 2.43. The van der Waals surface area contributed by atoms with Gasteiger partial charge in [-0.25, -0.2) is 13.1 Å². The minimum absolute atomic E-state index is 0.0757. The number of nitrogens with one attached hydrogen (secondary N) is 1. The van der Waals surface area contributed by atoms with Crippen LogP contribution in [0.1, 0.15) is 33.3 Å². The summed E-state index contributed by atoms with van der Waals surface area (Å²) in [5.74, 6) is 5.45. The number of aliphatic hydroxyl groups is 1. The van der Waals surface area contributed by atoms with Crippen molar-refractivity contribution in [3.05, 3.63) is 24.0 Å². The predicted octanol–water partition coefficient (Wildman–Crippen LogP) is 1.39. The highest BCUT2D eigenvalue weighted by molar-refractivity contribution is 7.89. The van der Waals surface area contributed by atoms with Crippen LogP contribution in [-0.4, -0.2) is 31.7 Å². The lowest BCUT2D eigenvalue weighted by molar-refractivity contribution is 0.252. The topological polar surface area (TPSA) is 79.3 Å². The van der Waals surface area contributed by atoms with Gasteiger partial charge < -0.3 is 5.11 Å². The molecule has 2 N–H and O–H groups in total. The van der Waals surface area contributed by atoms with Crippen molar-refractivity contribution in [2.24, 2.45) is 11.3 Å². The number of rotatable bonds is 5. The largest absolute Gasteiger partial charge is 0.384 e. The van der Waals surface area contributed by atoms with Gasteiger partial charge >= 0.3 is 0 Å². The van der Waals surface area contributed by atoms with E-state index in [1.807, 2.05) is 13.8 Å². The highest BCUT2D eigenvalue weighted by Gasteiger charge is 2.25. The maximum Gasteiger partial charge on any atom is 0.242 e. The lowest BCUT2D eigenvalue weighted by Gasteiger charge is -2.29. The summed E-state index contributed by atoms with van der Waals surface area (Å²) in [4.78, 5) is 3.96. The van der Waals surface area contributed by atoms with Crippen LogP contribution in [0.3, 0.4) is 0 Å². The molecule has 0 saturated carbocycles. The fourth-order valence-corrected chi connectivity index (χ4v) is 2.55. The van der Waals surface area contributed by atoms with Crippen LogP contribution < -0.4 is 4.72 Å². The zero-order chi connectivity index (χ0) is 16.1. The van der Waals surface area contributed by atoms with Crippen molar-refractivity contribution in [1.29, 1.82) is 0 Å². The van der Waals surface area contributed by atoms with E-state index in [1.165, 1.54) is 18.5 Å². The maximum absolute atomic E-state index is 12.3. The molecule has 0 bridgehead atoms. The molecule has 6 heteroatoms. The first-order valence-electron chi connectivity index (χ1n) is 6.73. The molecule has 0 spiro atoms. The minimum Gasteiger partial charge on any atom is -0.384 e. The quantitative estimate of drug-likeness (QED) is 0.805. The Morgan fingerprint density at radius 2 is 2.05 bits per heavy atom. The molecule has 0 fully saturated rings. The van der Waals surface area contributed by atoms with Gasteiger partial charge in [0.2, 0.25) is 10.0 Å². The molecule has 1 aromatic heterocycles. The van der Waals surface area contributed by atoms with Gasteiger partial charge in [-0.05, 0) is 17.4 Å². The highest BCUT2D eigenvalue weighted by atomic mass is 32.2. The smallest absolute Gasteiger partial charge is 0.242 e. The average molecular weight is 310 g/mol. The molecule has 0 aliphatic heterocycles. The first-order valence-corrected chi connectivity index (χ1v) is 8.22. The van der Waals surface area contributed by atoms with Crippen molar-refractivity contribution >= 4 is 10.0 Å². The zero-order valence-corrected chi connectivity index (χ0v) is 13.7. The Hall–Kier alpha value is -1.42. The summed E-state index contributed by atoms with van der Waals surface area (Å²) in [6, 6.07) is 1.44. The summed E-state index contributed by atoms with van der Waals surface area (Å²) in [5.41, 5.74) is 0.310. The van der Waals surface area contributed by atoms with Crippen LogP contribution in [0.25, 0.3) is 0 Å². The van der Waals surface area contributed by atoms with E-state index in [4.69, 9.17) is 5.11 Å². The summed E-state index contributed by atoms with van der Waals surface area (Å²) in [7, 11) is -3.62. The Morgan fingerprint density at radius 1 is 1.38 bits per heavy atom. The van der Waals surface area contributed by atoms with Crippen LogP contribution in [0.15, 0.2) is 23.4 Å². The Bertz CT molecular complexity index is 640. The molecule has 0 aliphatic rings. The zero-order valence-electron chi connectivity index (χ0n) is 12.8. The third-order valence-electron chi connectivity index (χ3n) is 3.62. The third kappa shape index (κ3) is 5.12. The molecule has 0 aliphatic carbocycles. The molecule has 0 unspecified atom stereocenters. The van der Waals surface area contributed by atoms with Crippen molar-refractivity contribution < 1.29 is 13.5 Å². The van der Waals surface area contributed by atoms with E-state index in [2.05, 4.69) is 35.4 Å². The number of hydrogen-bond donors (Lipinski definition) is 2. The van der Waals surface area contributed by atoms with Gasteiger partial charge in [-0.15, -0.1) is 0 Å². The Morgan fingerprint density at radius 3 is 2.62 bits per heavy atom. The molecule has 0 amide bonds. The van der Waals surface area contributed by atoms with Crippen LogP contribution in [0, 0.1) is 23.2 Å². The Balaban J connectivity index is 2.93. The maximum atomic E-state index is 12.3. The summed E-state index contributed by atoms with van der Waals surface area (Å²) in [5, 5.41) is 8.66. The number of aliphatic hydroxyl groups excluding tert-OH is 1. The van der Waals surface area contributed by atoms with E-state index in [0.29, 0.717) is 18.0 Å². The lowest BCUT2D eigenvalue weighted by atomic mass is 9.81. The molecular weight excluding hydrogens is 288 g/mol. The number of aromatic nitrogens is 1. The van der Waals surface area contributed by atoms with Crippen molar-refractivity contribution in [3.8, 4) is 11.8 Å². The van der Waals surface area contributed by atoms with Crippen molar-refractivity contribution in [2.75, 3.05) is 13.2 Å². The van der Waals surface area contributed by atoms with Gasteiger partial charge in [0.1, 0.15) is 11.5 Å². The molecule has 0 radical (unpaired) electrons. The number of nitrogens with zero attached hydrogens (tertiary/aromatic N) is 1. The molecule has 5 nitrogen and oxygen atoms in total. The normalized spacial score (nSPS) is 12.1. The van der Waals surface area contributed by atoms with Crippen LogP contribution >= 0.6 is 0 Å². The van der Waals surface area contributed by atoms with Crippen LogP contribution in [0.2, 0.25) is 0 Å². The minimum atomic E-state index is -3.62. The molecule has 21 heavy (non-hydrogen) atoms. The van der Waals surface area contributed by atoms with Crippen molar-refractivity contribution in [1.82, 2.24) is 9.71 Å². The van der Waals surface area contributed by atoms with Gasteiger partial charge in [0.15, 0.2) is 0 Å². The number of pyridine rings is 1. The van der Waals surface area contributed by atoms with E-state index in [-0.39, 0.29) is 16.9 Å². The lowest BCUT2D eigenvalue weighted by Crippen LogP contribution is -2.37. The van der Waals surface area contributed by atoms with E-state index in [9.17, 15) is 8.42 Å². The van der Waals surface area contributed by atoms with Gasteiger partial charge in [-0.3, -0.25) is 4.98 Å². The first kappa shape index (κ1) is 17.6. The number of sulfonamides is 1. The molecule has 0 aromatic carbocycles. The van der Waals surface area contributed by atoms with Crippen molar-refractivity contribution in [3.63, 3.8) is 0 Å². The van der Waals surface area contributed by atoms with Crippen LogP contribution in [-0.2, 0) is 10.0 Å². The van der Waals surface area contributed by atoms with Crippen LogP contribution in [0.4, 0.5) is 0 Å². The Labute approximate surface area is 126 Å². The fraction of sp³-hybridized carbons (Fsp3) is 0.533. The van der Waals surface area contributed by atoms with Gasteiger partial charge in [0, 0.05) is 24.5 Å². The second-order valence-electron chi connectivity index (χ2n) is 5.84. The molecule has 1 aromatic rings. The molecule has 0 atom stereocenters. The summed E-state index contributed by atoms with van der Waals surface area (Å²) >= 11 is 0. The van der Waals surface area contributed by atoms with E-state index in [0.717, 1.165) is 0 Å². The third-order valence-corrected chi connectivity index (χ3v) is 4.98. The van der Waals surface area contributed by atoms with E-state index in [1.54, 1.807) is 0 Å². The fourth-order valence-electron chi connectivity index (χ4n) is 1.34. The summed E-state index contributed by atoms with van der Waals surface area (Å²) < 4.78 is 27.2. The molecule has 1 heterocycles. The number of hydrogen-bond acceptors (Lipinski definition) is 4. The standard InChI is InChI=1S/C15H22N2O3S/c1-12(2)15(3,4)11-17-21(19,20)14-8-13(6-5-7-18)9-16-10-14/h8-10,12,17-18H,7,11H2,1-4H3. The molecular formula is C15H22N2O3S.